The number of anilines is 3. The predicted molar refractivity (Wildman–Crippen MR) is 147 cm³/mol. The van der Waals surface area contributed by atoms with Gasteiger partial charge in [0.05, 0.1) is 11.0 Å². The van der Waals surface area contributed by atoms with E-state index in [9.17, 15) is 19.8 Å². The van der Waals surface area contributed by atoms with E-state index in [2.05, 4.69) is 25.9 Å². The van der Waals surface area contributed by atoms with Crippen LogP contribution >= 0.6 is 0 Å². The number of pyridine rings is 2. The Hall–Kier alpha value is -4.70. The molecule has 0 radical (unpaired) electrons. The number of nitrogens with zero attached hydrogens (tertiary/aromatic N) is 3. The molecule has 2 atom stereocenters. The highest BCUT2D eigenvalue weighted by molar-refractivity contribution is 5.96. The molecule has 0 aliphatic carbocycles. The van der Waals surface area contributed by atoms with Crippen molar-refractivity contribution in [1.29, 1.82) is 0 Å². The number of hydrogen-bond donors (Lipinski definition) is 5. The molecule has 4 aromatic rings. The van der Waals surface area contributed by atoms with Gasteiger partial charge in [0.2, 0.25) is 5.66 Å². The van der Waals surface area contributed by atoms with E-state index in [0.717, 1.165) is 33.2 Å². The van der Waals surface area contributed by atoms with Gasteiger partial charge in [0, 0.05) is 60.2 Å². The van der Waals surface area contributed by atoms with Crippen LogP contribution in [0.3, 0.4) is 0 Å². The van der Waals surface area contributed by atoms with E-state index < -0.39 is 23.3 Å². The molecule has 0 fully saturated rings. The van der Waals surface area contributed by atoms with Gasteiger partial charge in [-0.1, -0.05) is 12.1 Å². The largest absolute Gasteiger partial charge is 0.478 e. The summed E-state index contributed by atoms with van der Waals surface area (Å²) in [6.07, 6.45) is 4.68. The summed E-state index contributed by atoms with van der Waals surface area (Å²) in [7, 11) is 3.85. The summed E-state index contributed by atoms with van der Waals surface area (Å²) in [5, 5.41) is 31.2. The van der Waals surface area contributed by atoms with Gasteiger partial charge in [-0.05, 0) is 61.5 Å². The average Bonchev–Trinajstić information content (AvgIpc) is 2.88. The minimum absolute atomic E-state index is 0.00974. The summed E-state index contributed by atoms with van der Waals surface area (Å²) >= 11 is 0. The molecule has 10 nitrogen and oxygen atoms in total. The zero-order valence-electron chi connectivity index (χ0n) is 21.2. The smallest absolute Gasteiger partial charge is 0.348 e. The molecular weight excluding hydrogens is 484 g/mol. The van der Waals surface area contributed by atoms with Gasteiger partial charge in [-0.15, -0.1) is 0 Å². The van der Waals surface area contributed by atoms with Crippen molar-refractivity contribution in [1.82, 2.24) is 15.3 Å². The third-order valence-corrected chi connectivity index (χ3v) is 6.60. The number of carboxylic acid groups (broad SMARTS) is 2. The molecule has 2 unspecified atom stereocenters. The number of rotatable bonds is 7. The Labute approximate surface area is 219 Å². The summed E-state index contributed by atoms with van der Waals surface area (Å²) < 4.78 is 0. The predicted octanol–water partition coefficient (Wildman–Crippen LogP) is 3.79. The van der Waals surface area contributed by atoms with Gasteiger partial charge in [-0.3, -0.25) is 9.97 Å². The van der Waals surface area contributed by atoms with Crippen LogP contribution in [-0.4, -0.2) is 57.5 Å². The summed E-state index contributed by atoms with van der Waals surface area (Å²) in [6.45, 7) is 1.92. The number of fused-ring (bicyclic) bond motifs is 2. The number of aryl methyl sites for hydroxylation is 1. The monoisotopic (exact) mass is 512 g/mol. The van der Waals surface area contributed by atoms with Crippen molar-refractivity contribution in [3.05, 3.63) is 78.6 Å². The Morgan fingerprint density at radius 3 is 2.42 bits per heavy atom. The molecule has 194 valence electrons. The van der Waals surface area contributed by atoms with Gasteiger partial charge >= 0.3 is 11.9 Å². The minimum atomic E-state index is -1.91. The molecule has 1 aliphatic rings. The fourth-order valence-corrected chi connectivity index (χ4v) is 4.78. The van der Waals surface area contributed by atoms with Gasteiger partial charge in [0.15, 0.2) is 5.66 Å². The lowest BCUT2D eigenvalue weighted by molar-refractivity contribution is -0.148. The summed E-state index contributed by atoms with van der Waals surface area (Å²) in [6, 6.07) is 16.3. The quantitative estimate of drug-likeness (QED) is 0.232. The standard InChI is InChI=1S/C28H28N6O4/c1-17-14-24(34(2)3)21-16-20(8-10-23(21)30-17)32-28(26(37)38)12-5-11-27(33-28,25(35)36)31-19-7-9-22-18(15-19)6-4-13-29-22/h4-10,12-16,31-33H,11H2,1-3H3,(H,35,36)(H,37,38). The molecule has 0 saturated carbocycles. The van der Waals surface area contributed by atoms with Crippen molar-refractivity contribution in [2.45, 2.75) is 24.7 Å². The van der Waals surface area contributed by atoms with Crippen LogP contribution in [0, 0.1) is 6.92 Å². The zero-order chi connectivity index (χ0) is 27.1. The highest BCUT2D eigenvalue weighted by atomic mass is 16.4. The van der Waals surface area contributed by atoms with Crippen LogP contribution < -0.4 is 20.9 Å². The highest BCUT2D eigenvalue weighted by Gasteiger charge is 2.51. The third kappa shape index (κ3) is 4.46. The molecule has 5 N–H and O–H groups in total. The van der Waals surface area contributed by atoms with E-state index in [0.29, 0.717) is 11.4 Å². The van der Waals surface area contributed by atoms with Gasteiger partial charge in [-0.25, -0.2) is 14.9 Å². The van der Waals surface area contributed by atoms with Crippen molar-refractivity contribution >= 4 is 50.8 Å². The molecule has 38 heavy (non-hydrogen) atoms. The average molecular weight is 513 g/mol. The number of hydrogen-bond acceptors (Lipinski definition) is 8. The SMILES string of the molecule is Cc1cc(N(C)C)c2cc(NC3(C(=O)O)C=CCC(Nc4ccc5ncccc5c4)(C(=O)O)N3)ccc2n1. The van der Waals surface area contributed by atoms with Crippen LogP contribution in [0.2, 0.25) is 0 Å². The molecule has 0 amide bonds. The number of carboxylic acids is 2. The Bertz CT molecular complexity index is 1600. The first-order valence-corrected chi connectivity index (χ1v) is 12.0. The second-order valence-electron chi connectivity index (χ2n) is 9.63. The van der Waals surface area contributed by atoms with Gasteiger partial charge in [-0.2, -0.15) is 0 Å². The molecule has 1 aliphatic heterocycles. The first-order valence-electron chi connectivity index (χ1n) is 12.0. The van der Waals surface area contributed by atoms with Crippen LogP contribution in [-0.2, 0) is 9.59 Å². The first-order chi connectivity index (χ1) is 18.1. The Morgan fingerprint density at radius 1 is 0.974 bits per heavy atom. The molecule has 0 saturated heterocycles. The van der Waals surface area contributed by atoms with Crippen molar-refractivity contribution in [2.75, 3.05) is 29.6 Å². The van der Waals surface area contributed by atoms with E-state index in [1.807, 2.05) is 50.2 Å². The molecule has 3 heterocycles. The van der Waals surface area contributed by atoms with Crippen molar-refractivity contribution < 1.29 is 19.8 Å². The van der Waals surface area contributed by atoms with Crippen molar-refractivity contribution in [3.63, 3.8) is 0 Å². The summed E-state index contributed by atoms with van der Waals surface area (Å²) in [4.78, 5) is 36.1. The molecule has 0 spiro atoms. The molecule has 0 bridgehead atoms. The number of nitrogens with one attached hydrogen (secondary N) is 3. The Balaban J connectivity index is 1.52. The van der Waals surface area contributed by atoms with Crippen molar-refractivity contribution in [3.8, 4) is 0 Å². The number of aromatic nitrogens is 2. The topological polar surface area (TPSA) is 140 Å². The van der Waals surface area contributed by atoms with Gasteiger partial charge in [0.25, 0.3) is 0 Å². The molecule has 10 heteroatoms. The van der Waals surface area contributed by atoms with Crippen LogP contribution in [0.4, 0.5) is 17.1 Å². The lowest BCUT2D eigenvalue weighted by Gasteiger charge is -2.43. The van der Waals surface area contributed by atoms with E-state index in [1.165, 1.54) is 6.08 Å². The number of aliphatic carboxylic acids is 2. The number of benzene rings is 2. The second kappa shape index (κ2) is 9.31. The lowest BCUT2D eigenvalue weighted by atomic mass is 9.93. The normalized spacial score (nSPS) is 20.8. The minimum Gasteiger partial charge on any atom is -0.478 e. The third-order valence-electron chi connectivity index (χ3n) is 6.60. The highest BCUT2D eigenvalue weighted by Crippen LogP contribution is 2.32. The van der Waals surface area contributed by atoms with Gasteiger partial charge < -0.3 is 25.7 Å². The Kier molecular flexibility index (Phi) is 6.12. The van der Waals surface area contributed by atoms with Crippen LogP contribution in [0.1, 0.15) is 12.1 Å². The number of carbonyl (C=O) groups is 2. The second-order valence-corrected chi connectivity index (χ2v) is 9.63. The maximum atomic E-state index is 12.7. The maximum Gasteiger partial charge on any atom is 0.348 e. The van der Waals surface area contributed by atoms with Gasteiger partial charge in [0.1, 0.15) is 0 Å². The zero-order valence-corrected chi connectivity index (χ0v) is 21.2. The van der Waals surface area contributed by atoms with E-state index in [4.69, 9.17) is 0 Å². The molecule has 2 aromatic carbocycles. The van der Waals surface area contributed by atoms with Crippen molar-refractivity contribution in [2.24, 2.45) is 0 Å². The lowest BCUT2D eigenvalue weighted by Crippen LogP contribution is -2.72. The van der Waals surface area contributed by atoms with Crippen LogP contribution in [0.25, 0.3) is 21.8 Å². The fraction of sp³-hybridized carbons (Fsp3) is 0.214. The van der Waals surface area contributed by atoms with Crippen LogP contribution in [0.15, 0.2) is 72.9 Å². The molecule has 5 rings (SSSR count). The molecule has 2 aromatic heterocycles. The van der Waals surface area contributed by atoms with Crippen LogP contribution in [0.5, 0.6) is 0 Å². The summed E-state index contributed by atoms with van der Waals surface area (Å²) in [5.41, 5.74) is 0.609. The Morgan fingerprint density at radius 2 is 1.71 bits per heavy atom. The maximum absolute atomic E-state index is 12.7. The molecular formula is C28H28N6O4. The van der Waals surface area contributed by atoms with E-state index >= 15 is 0 Å². The fourth-order valence-electron chi connectivity index (χ4n) is 4.78. The van der Waals surface area contributed by atoms with E-state index in [1.54, 1.807) is 42.6 Å². The summed E-state index contributed by atoms with van der Waals surface area (Å²) in [5.74, 6) is -2.52. The van der Waals surface area contributed by atoms with E-state index in [-0.39, 0.29) is 6.42 Å². The first kappa shape index (κ1) is 25.0.